The highest BCUT2D eigenvalue weighted by Gasteiger charge is 2.51. The van der Waals surface area contributed by atoms with Crippen LogP contribution in [0.5, 0.6) is 11.5 Å². The van der Waals surface area contributed by atoms with Gasteiger partial charge in [0.25, 0.3) is 5.91 Å². The zero-order chi connectivity index (χ0) is 29.4. The first-order valence-corrected chi connectivity index (χ1v) is 15.9. The second kappa shape index (κ2) is 11.9. The number of amides is 1. The Morgan fingerprint density at radius 1 is 1.02 bits per heavy atom. The van der Waals surface area contributed by atoms with E-state index in [1.54, 1.807) is 13.4 Å². The molecule has 9 heteroatoms. The molecule has 9 nitrogen and oxygen atoms in total. The van der Waals surface area contributed by atoms with Crippen molar-refractivity contribution in [2.45, 2.75) is 57.4 Å². The fourth-order valence-electron chi connectivity index (χ4n) is 8.33. The molecule has 0 unspecified atom stereocenters. The van der Waals surface area contributed by atoms with E-state index in [0.29, 0.717) is 29.5 Å². The molecule has 0 radical (unpaired) electrons. The molecule has 5 fully saturated rings. The number of hydrogen-bond acceptors (Lipinski definition) is 8. The monoisotopic (exact) mass is 585 g/mol. The van der Waals surface area contributed by atoms with Crippen molar-refractivity contribution in [2.75, 3.05) is 51.9 Å². The molecule has 1 aromatic heterocycles. The Labute approximate surface area is 253 Å². The quantitative estimate of drug-likeness (QED) is 0.302. The van der Waals surface area contributed by atoms with Crippen molar-refractivity contribution >= 4 is 28.3 Å². The van der Waals surface area contributed by atoms with Gasteiger partial charge in [-0.1, -0.05) is 6.07 Å². The van der Waals surface area contributed by atoms with Gasteiger partial charge in [-0.3, -0.25) is 9.69 Å². The average Bonchev–Trinajstić information content (AvgIpc) is 3.00. The number of benzene rings is 2. The van der Waals surface area contributed by atoms with Crippen molar-refractivity contribution in [3.05, 3.63) is 47.8 Å². The molecule has 228 valence electrons. The molecule has 8 rings (SSSR count). The number of rotatable bonds is 10. The van der Waals surface area contributed by atoms with Crippen LogP contribution >= 0.6 is 0 Å². The van der Waals surface area contributed by atoms with Gasteiger partial charge in [0.15, 0.2) is 11.5 Å². The van der Waals surface area contributed by atoms with Gasteiger partial charge in [0.2, 0.25) is 0 Å². The number of hydrogen-bond donors (Lipinski definition) is 2. The molecular weight excluding hydrogens is 542 g/mol. The number of morpholine rings is 1. The van der Waals surface area contributed by atoms with Crippen LogP contribution in [0.3, 0.4) is 0 Å². The van der Waals surface area contributed by atoms with Crippen molar-refractivity contribution in [2.24, 2.45) is 17.8 Å². The molecule has 1 amide bonds. The summed E-state index contributed by atoms with van der Waals surface area (Å²) in [4.78, 5) is 25.1. The second-order valence-corrected chi connectivity index (χ2v) is 13.2. The first kappa shape index (κ1) is 28.3. The van der Waals surface area contributed by atoms with Crippen molar-refractivity contribution in [3.63, 3.8) is 0 Å². The van der Waals surface area contributed by atoms with E-state index in [2.05, 4.69) is 25.5 Å². The number of aromatic nitrogens is 2. The lowest BCUT2D eigenvalue weighted by molar-refractivity contribution is -0.0167. The number of carbonyl (C=O) groups is 1. The highest BCUT2D eigenvalue weighted by atomic mass is 16.5. The molecule has 4 bridgehead atoms. The highest BCUT2D eigenvalue weighted by molar-refractivity contribution is 5.97. The van der Waals surface area contributed by atoms with E-state index in [1.165, 1.54) is 19.3 Å². The second-order valence-electron chi connectivity index (χ2n) is 13.2. The lowest BCUT2D eigenvalue weighted by Gasteiger charge is -2.56. The molecule has 0 atom stereocenters. The van der Waals surface area contributed by atoms with Gasteiger partial charge in [-0.2, -0.15) is 0 Å². The molecule has 0 spiro atoms. The summed E-state index contributed by atoms with van der Waals surface area (Å²) in [5.74, 6) is 4.33. The maximum Gasteiger partial charge on any atom is 0.251 e. The molecule has 2 aromatic carbocycles. The van der Waals surface area contributed by atoms with Gasteiger partial charge < -0.3 is 24.8 Å². The van der Waals surface area contributed by atoms with E-state index in [4.69, 9.17) is 14.2 Å². The van der Waals surface area contributed by atoms with Crippen LogP contribution < -0.4 is 20.1 Å². The molecule has 5 aliphatic rings. The Balaban J connectivity index is 1.07. The molecule has 1 aliphatic heterocycles. The van der Waals surface area contributed by atoms with Crippen molar-refractivity contribution in [3.8, 4) is 11.5 Å². The lowest BCUT2D eigenvalue weighted by atomic mass is 9.53. The molecule has 1 saturated heterocycles. The third-order valence-corrected chi connectivity index (χ3v) is 10.1. The number of nitrogens with zero attached hydrogens (tertiary/aromatic N) is 3. The van der Waals surface area contributed by atoms with Gasteiger partial charge in [-0.05, 0) is 93.4 Å². The van der Waals surface area contributed by atoms with E-state index in [1.807, 2.05) is 37.3 Å². The lowest BCUT2D eigenvalue weighted by Crippen LogP contribution is -2.59. The number of anilines is 2. The topological polar surface area (TPSA) is 97.8 Å². The van der Waals surface area contributed by atoms with Crippen LogP contribution in [0.4, 0.5) is 11.5 Å². The fourth-order valence-corrected chi connectivity index (χ4v) is 8.33. The van der Waals surface area contributed by atoms with Gasteiger partial charge in [0.1, 0.15) is 12.1 Å². The van der Waals surface area contributed by atoms with Gasteiger partial charge in [-0.15, -0.1) is 0 Å². The van der Waals surface area contributed by atoms with Crippen LogP contribution in [0.1, 0.15) is 60.9 Å². The minimum absolute atomic E-state index is 0.0230. The average molecular weight is 586 g/mol. The smallest absolute Gasteiger partial charge is 0.251 e. The van der Waals surface area contributed by atoms with Crippen molar-refractivity contribution in [1.29, 1.82) is 0 Å². The first-order chi connectivity index (χ1) is 21.0. The van der Waals surface area contributed by atoms with Crippen LogP contribution in [-0.4, -0.2) is 72.9 Å². The van der Waals surface area contributed by atoms with Gasteiger partial charge in [0, 0.05) is 47.9 Å². The molecule has 2 N–H and O–H groups in total. The number of fused-ring (bicyclic) bond motifs is 1. The fraction of sp³-hybridized carbons (Fsp3) is 0.559. The summed E-state index contributed by atoms with van der Waals surface area (Å²) in [6.45, 7) is 7.12. The molecule has 2 heterocycles. The molecule has 3 aromatic rings. The maximum atomic E-state index is 13.6. The predicted molar refractivity (Wildman–Crippen MR) is 166 cm³/mol. The minimum atomic E-state index is -0.0230. The molecule has 43 heavy (non-hydrogen) atoms. The number of carbonyl (C=O) groups excluding carboxylic acids is 1. The number of methoxy groups -OCH3 is 1. The zero-order valence-corrected chi connectivity index (χ0v) is 25.4. The standard InChI is InChI=1S/C34H43N5O4/c1-22-4-5-26(33(40)38-34-18-23-12-24(19-34)14-25(13-23)20-34)15-28(22)37-32-27-16-31(30(41-2)17-29(27)35-21-36-32)43-9-3-6-39-7-10-42-11-8-39/h4-5,15-17,21,23-25H,3,6-14,18-20H2,1-2H3,(H,38,40)(H,35,36,37). The number of ether oxygens (including phenoxy) is 3. The van der Waals surface area contributed by atoms with Crippen LogP contribution in [0.15, 0.2) is 36.7 Å². The van der Waals surface area contributed by atoms with Gasteiger partial charge in [-0.25, -0.2) is 9.97 Å². The van der Waals surface area contributed by atoms with Crippen LogP contribution in [0.25, 0.3) is 10.9 Å². The predicted octanol–water partition coefficient (Wildman–Crippen LogP) is 5.49. The Hall–Kier alpha value is -3.43. The third-order valence-electron chi connectivity index (χ3n) is 10.1. The summed E-state index contributed by atoms with van der Waals surface area (Å²) in [7, 11) is 1.64. The highest BCUT2D eigenvalue weighted by Crippen LogP contribution is 2.55. The van der Waals surface area contributed by atoms with Crippen molar-refractivity contribution < 1.29 is 19.0 Å². The number of aryl methyl sites for hydroxylation is 1. The summed E-state index contributed by atoms with van der Waals surface area (Å²) in [6.07, 6.45) is 9.93. The van der Waals surface area contributed by atoms with E-state index < -0.39 is 0 Å². The van der Waals surface area contributed by atoms with Crippen LogP contribution in [0, 0.1) is 24.7 Å². The van der Waals surface area contributed by atoms with E-state index in [0.717, 1.165) is 98.4 Å². The maximum absolute atomic E-state index is 13.6. The Morgan fingerprint density at radius 2 is 1.77 bits per heavy atom. The number of nitrogens with one attached hydrogen (secondary N) is 2. The first-order valence-electron chi connectivity index (χ1n) is 15.9. The molecule has 4 saturated carbocycles. The SMILES string of the molecule is COc1cc2ncnc(Nc3cc(C(=O)NC45CC6CC(CC(C6)C4)C5)ccc3C)c2cc1OCCCN1CCOCC1. The van der Waals surface area contributed by atoms with Crippen molar-refractivity contribution in [1.82, 2.24) is 20.2 Å². The summed E-state index contributed by atoms with van der Waals surface area (Å²) in [6, 6.07) is 9.73. The summed E-state index contributed by atoms with van der Waals surface area (Å²) < 4.78 is 17.3. The Kier molecular flexibility index (Phi) is 7.86. The van der Waals surface area contributed by atoms with Gasteiger partial charge >= 0.3 is 0 Å². The largest absolute Gasteiger partial charge is 0.493 e. The van der Waals surface area contributed by atoms with E-state index >= 15 is 0 Å². The van der Waals surface area contributed by atoms with Crippen LogP contribution in [0.2, 0.25) is 0 Å². The van der Waals surface area contributed by atoms with Crippen LogP contribution in [-0.2, 0) is 4.74 Å². The summed E-state index contributed by atoms with van der Waals surface area (Å²) in [5.41, 5.74) is 3.29. The summed E-state index contributed by atoms with van der Waals surface area (Å²) >= 11 is 0. The molecular formula is C34H43N5O4. The molecule has 4 aliphatic carbocycles. The van der Waals surface area contributed by atoms with E-state index in [9.17, 15) is 4.79 Å². The minimum Gasteiger partial charge on any atom is -0.493 e. The van der Waals surface area contributed by atoms with Gasteiger partial charge in [0.05, 0.1) is 32.4 Å². The Bertz CT molecular complexity index is 1450. The third kappa shape index (κ3) is 6.02. The Morgan fingerprint density at radius 3 is 2.49 bits per heavy atom. The zero-order valence-electron chi connectivity index (χ0n) is 25.4. The summed E-state index contributed by atoms with van der Waals surface area (Å²) in [5, 5.41) is 7.84. The normalized spacial score (nSPS) is 26.4. The van der Waals surface area contributed by atoms with E-state index in [-0.39, 0.29) is 11.4 Å².